The van der Waals surface area contributed by atoms with Gasteiger partial charge in [-0.1, -0.05) is 65.2 Å². The lowest BCUT2D eigenvalue weighted by Gasteiger charge is -2.28. The Balaban J connectivity index is 1.96. The lowest BCUT2D eigenvalue weighted by molar-refractivity contribution is 0.296. The van der Waals surface area contributed by atoms with Gasteiger partial charge < -0.3 is 10.4 Å². The predicted molar refractivity (Wildman–Crippen MR) is 137 cm³/mol. The van der Waals surface area contributed by atoms with Crippen LogP contribution in [0.2, 0.25) is 0 Å². The van der Waals surface area contributed by atoms with Crippen LogP contribution in [-0.4, -0.2) is 5.21 Å². The fourth-order valence-electron chi connectivity index (χ4n) is 4.12. The maximum atomic E-state index is 11.3. The average Bonchev–Trinajstić information content (AvgIpc) is 2.80. The van der Waals surface area contributed by atoms with Gasteiger partial charge in [0.05, 0.1) is 11.8 Å². The normalized spacial score (nSPS) is 11.4. The van der Waals surface area contributed by atoms with Gasteiger partial charge in [-0.3, -0.25) is 5.21 Å². The third-order valence-corrected chi connectivity index (χ3v) is 10.4. The first-order valence-corrected chi connectivity index (χ1v) is 12.7. The number of nitrogens with zero attached hydrogens (tertiary/aromatic N) is 1. The second kappa shape index (κ2) is 9.26. The lowest BCUT2D eigenvalue weighted by Crippen LogP contribution is -2.32. The number of benzene rings is 4. The van der Waals surface area contributed by atoms with Crippen LogP contribution in [0.3, 0.4) is 0 Å². The molecule has 3 nitrogen and oxygen atoms in total. The molecule has 0 aliphatic heterocycles. The van der Waals surface area contributed by atoms with E-state index in [1.807, 2.05) is 12.1 Å². The van der Waals surface area contributed by atoms with Crippen LogP contribution in [0.4, 0.5) is 5.69 Å². The van der Waals surface area contributed by atoms with Crippen LogP contribution in [0, 0.1) is 26.0 Å². The zero-order chi connectivity index (χ0) is 22.7. The summed E-state index contributed by atoms with van der Waals surface area (Å²) < 4.78 is 0. The summed E-state index contributed by atoms with van der Waals surface area (Å²) in [5.41, 5.74) is 5.08. The number of rotatable bonds is 6. The Morgan fingerprint density at radius 3 is 1.25 bits per heavy atom. The highest BCUT2D eigenvalue weighted by Gasteiger charge is 2.45. The van der Waals surface area contributed by atoms with Crippen LogP contribution in [0.5, 0.6) is 0 Å². The molecule has 4 rings (SSSR count). The first-order valence-electron chi connectivity index (χ1n) is 10.7. The monoisotopic (exact) mass is 441 g/mol. The molecule has 0 aliphatic rings. The van der Waals surface area contributed by atoms with Crippen molar-refractivity contribution in [1.82, 2.24) is 0 Å². The minimum atomic E-state index is -2.03. The number of anilines is 1. The van der Waals surface area contributed by atoms with Crippen LogP contribution in [0.25, 0.3) is 0 Å². The fraction of sp³-hybridized carbons (Fsp3) is 0.143. The highest BCUT2D eigenvalue weighted by molar-refractivity contribution is 7.95. The molecule has 0 heterocycles. The largest absolute Gasteiger partial charge is 0.733 e. The second-order valence-electron chi connectivity index (χ2n) is 8.41. The average molecular weight is 442 g/mol. The maximum Gasteiger partial charge on any atom is 0.116 e. The summed E-state index contributed by atoms with van der Waals surface area (Å²) in [5, 5.41) is 24.4. The lowest BCUT2D eigenvalue weighted by atomic mass is 10.2. The standard InChI is InChI=1S/C28H28NO2P/c1-21-4-14-26(15-5-21)32(27-16-6-22(2)7-17-27,28-18-8-23(3)9-19-28)20-24-10-12-25(13-11-24)29(30)31/h4-19,30H,20H2,1-3H3. The molecule has 32 heavy (non-hydrogen) atoms. The molecule has 4 heteroatoms. The van der Waals surface area contributed by atoms with Crippen LogP contribution >= 0.6 is 7.26 Å². The number of hydrogen-bond donors (Lipinski definition) is 1. The molecule has 4 aromatic carbocycles. The van der Waals surface area contributed by atoms with E-state index in [4.69, 9.17) is 0 Å². The van der Waals surface area contributed by atoms with Crippen molar-refractivity contribution in [3.05, 3.63) is 125 Å². The summed E-state index contributed by atoms with van der Waals surface area (Å²) in [7, 11) is -2.03. The van der Waals surface area contributed by atoms with Crippen molar-refractivity contribution in [3.8, 4) is 0 Å². The summed E-state index contributed by atoms with van der Waals surface area (Å²) in [6.07, 6.45) is 0.826. The van der Waals surface area contributed by atoms with Gasteiger partial charge in [0.25, 0.3) is 0 Å². The summed E-state index contributed by atoms with van der Waals surface area (Å²) in [5.74, 6) is 0. The van der Waals surface area contributed by atoms with Crippen molar-refractivity contribution < 1.29 is 5.21 Å². The van der Waals surface area contributed by atoms with Crippen LogP contribution in [0.15, 0.2) is 97.1 Å². The molecule has 0 aromatic heterocycles. The Kier molecular flexibility index (Phi) is 6.43. The first kappa shape index (κ1) is 22.2. The van der Waals surface area contributed by atoms with E-state index in [0.29, 0.717) is 0 Å². The van der Waals surface area contributed by atoms with Crippen LogP contribution < -0.4 is 21.1 Å². The number of aryl methyl sites for hydroxylation is 3. The summed E-state index contributed by atoms with van der Waals surface area (Å²) in [4.78, 5) is 0. The van der Waals surface area contributed by atoms with E-state index in [1.54, 1.807) is 12.1 Å². The second-order valence-corrected chi connectivity index (χ2v) is 11.9. The van der Waals surface area contributed by atoms with Crippen molar-refractivity contribution in [2.75, 3.05) is 5.23 Å². The molecule has 0 aliphatic carbocycles. The van der Waals surface area contributed by atoms with E-state index in [0.717, 1.165) is 11.7 Å². The van der Waals surface area contributed by atoms with Gasteiger partial charge in [-0.05, 0) is 74.9 Å². The molecule has 0 fully saturated rings. The Morgan fingerprint density at radius 2 is 0.938 bits per heavy atom. The van der Waals surface area contributed by atoms with E-state index in [-0.39, 0.29) is 10.9 Å². The Morgan fingerprint density at radius 1 is 0.594 bits per heavy atom. The molecule has 0 spiro atoms. The molecule has 0 bridgehead atoms. The van der Waals surface area contributed by atoms with E-state index in [9.17, 15) is 10.4 Å². The molecule has 0 unspecified atom stereocenters. The zero-order valence-corrected chi connectivity index (χ0v) is 19.6. The van der Waals surface area contributed by atoms with Crippen molar-refractivity contribution in [3.63, 3.8) is 0 Å². The molecule has 162 valence electrons. The van der Waals surface area contributed by atoms with Gasteiger partial charge in [-0.25, -0.2) is 0 Å². The predicted octanol–water partition coefficient (Wildman–Crippen LogP) is 5.80. The van der Waals surface area contributed by atoms with Gasteiger partial charge in [0, 0.05) is 0 Å². The molecule has 1 N–H and O–H groups in total. The van der Waals surface area contributed by atoms with Crippen molar-refractivity contribution >= 4 is 28.9 Å². The van der Waals surface area contributed by atoms with Crippen molar-refractivity contribution in [1.29, 1.82) is 0 Å². The first-order chi connectivity index (χ1) is 15.4. The van der Waals surface area contributed by atoms with E-state index in [2.05, 4.69) is 93.6 Å². The molecule has 0 saturated heterocycles. The van der Waals surface area contributed by atoms with E-state index >= 15 is 0 Å². The summed E-state index contributed by atoms with van der Waals surface area (Å²) in [6.45, 7) is 6.35. The molecule has 0 atom stereocenters. The quantitative estimate of drug-likeness (QED) is 0.304. The highest BCUT2D eigenvalue weighted by Crippen LogP contribution is 2.58. The molecule has 0 amide bonds. The van der Waals surface area contributed by atoms with Gasteiger partial charge in [0.2, 0.25) is 0 Å². The van der Waals surface area contributed by atoms with Crippen LogP contribution in [0.1, 0.15) is 22.3 Å². The van der Waals surface area contributed by atoms with Gasteiger partial charge in [0.15, 0.2) is 0 Å². The fourth-order valence-corrected chi connectivity index (χ4v) is 8.30. The number of hydrogen-bond acceptors (Lipinski definition) is 3. The molecule has 4 aromatic rings. The highest BCUT2D eigenvalue weighted by atomic mass is 31.2. The molecular formula is C28H28NO2P. The Labute approximate surface area is 190 Å². The van der Waals surface area contributed by atoms with E-state index < -0.39 is 7.26 Å². The van der Waals surface area contributed by atoms with Crippen molar-refractivity contribution in [2.24, 2.45) is 0 Å². The van der Waals surface area contributed by atoms with Crippen LogP contribution in [-0.2, 0) is 6.16 Å². The van der Waals surface area contributed by atoms with Crippen molar-refractivity contribution in [2.45, 2.75) is 26.9 Å². The van der Waals surface area contributed by atoms with E-state index in [1.165, 1.54) is 32.6 Å². The topological polar surface area (TPSA) is 46.5 Å². The SMILES string of the molecule is Cc1ccc([P+](Cc2ccc(N([O-])O)cc2)(c2ccc(C)cc2)c2ccc(C)cc2)cc1. The summed E-state index contributed by atoms with van der Waals surface area (Å²) >= 11 is 0. The van der Waals surface area contributed by atoms with Gasteiger partial charge in [0.1, 0.15) is 23.2 Å². The Bertz CT molecular complexity index is 1060. The summed E-state index contributed by atoms with van der Waals surface area (Å²) in [6, 6.07) is 34.0. The third kappa shape index (κ3) is 4.47. The molecule has 0 radical (unpaired) electrons. The molecular weight excluding hydrogens is 413 g/mol. The minimum Gasteiger partial charge on any atom is -0.733 e. The minimum absolute atomic E-state index is 0.0912. The van der Waals surface area contributed by atoms with Gasteiger partial charge >= 0.3 is 0 Å². The smallest absolute Gasteiger partial charge is 0.116 e. The van der Waals surface area contributed by atoms with Gasteiger partial charge in [-0.2, -0.15) is 0 Å². The molecule has 0 saturated carbocycles. The third-order valence-electron chi connectivity index (χ3n) is 6.00. The Hall–Kier alpha value is -2.97. The maximum absolute atomic E-state index is 11.3. The zero-order valence-electron chi connectivity index (χ0n) is 18.7. The van der Waals surface area contributed by atoms with Gasteiger partial charge in [-0.15, -0.1) is 0 Å².